The Balaban J connectivity index is 1.93. The first kappa shape index (κ1) is 22.0. The molecule has 2 rings (SSSR count). The van der Waals surface area contributed by atoms with E-state index in [0.717, 1.165) is 44.0 Å². The molecule has 28 heavy (non-hydrogen) atoms. The molecule has 0 bridgehead atoms. The Morgan fingerprint density at radius 1 is 1.14 bits per heavy atom. The minimum Gasteiger partial charge on any atom is -0.374 e. The lowest BCUT2D eigenvalue weighted by Crippen LogP contribution is -2.51. The number of likely N-dealkylation sites (N-methyl/N-ethyl adjacent to an activating group) is 1. The Bertz CT molecular complexity index is 691. The largest absolute Gasteiger partial charge is 0.374 e. The van der Waals surface area contributed by atoms with Crippen molar-refractivity contribution in [1.29, 1.82) is 0 Å². The normalized spacial score (nSPS) is 16.4. The number of nitrogens with one attached hydrogen (secondary N) is 3. The Hall–Kier alpha value is -2.28. The Morgan fingerprint density at radius 2 is 1.79 bits per heavy atom. The molecule has 0 radical (unpaired) electrons. The third kappa shape index (κ3) is 6.41. The highest BCUT2D eigenvalue weighted by Gasteiger charge is 2.20. The van der Waals surface area contributed by atoms with Gasteiger partial charge in [-0.05, 0) is 64.9 Å². The smallest absolute Gasteiger partial charge is 0.321 e. The lowest BCUT2D eigenvalue weighted by molar-refractivity contribution is -0.120. The summed E-state index contributed by atoms with van der Waals surface area (Å²) in [6.07, 6.45) is 0. The lowest BCUT2D eigenvalue weighted by atomic mass is 10.1. The van der Waals surface area contributed by atoms with Crippen LogP contribution in [0.2, 0.25) is 0 Å². The van der Waals surface area contributed by atoms with Gasteiger partial charge in [0.05, 0.1) is 0 Å². The van der Waals surface area contributed by atoms with Gasteiger partial charge in [0.2, 0.25) is 5.91 Å². The van der Waals surface area contributed by atoms with Crippen molar-refractivity contribution in [2.45, 2.75) is 53.1 Å². The molecule has 7 nitrogen and oxygen atoms in total. The molecule has 0 aliphatic carbocycles. The number of aryl methyl sites for hydroxylation is 1. The number of hydrogen-bond donors (Lipinski definition) is 3. The van der Waals surface area contributed by atoms with E-state index in [-0.39, 0.29) is 5.91 Å². The quantitative estimate of drug-likeness (QED) is 0.722. The van der Waals surface area contributed by atoms with Crippen molar-refractivity contribution in [1.82, 2.24) is 15.5 Å². The molecule has 1 heterocycles. The van der Waals surface area contributed by atoms with Gasteiger partial charge in [-0.25, -0.2) is 4.79 Å². The van der Waals surface area contributed by atoms with Crippen molar-refractivity contribution >= 4 is 23.3 Å². The van der Waals surface area contributed by atoms with Crippen molar-refractivity contribution in [2.24, 2.45) is 0 Å². The lowest BCUT2D eigenvalue weighted by Gasteiger charge is -2.35. The van der Waals surface area contributed by atoms with Crippen LogP contribution in [-0.2, 0) is 4.79 Å². The van der Waals surface area contributed by atoms with E-state index in [9.17, 15) is 9.59 Å². The maximum absolute atomic E-state index is 12.3. The van der Waals surface area contributed by atoms with Gasteiger partial charge < -0.3 is 20.4 Å². The highest BCUT2D eigenvalue weighted by atomic mass is 16.2. The van der Waals surface area contributed by atoms with Gasteiger partial charge in [0.15, 0.2) is 0 Å². The number of hydrogen-bond acceptors (Lipinski definition) is 5. The molecule has 0 unspecified atom stereocenters. The molecule has 0 aromatic heterocycles. The van der Waals surface area contributed by atoms with Crippen LogP contribution < -0.4 is 20.9 Å². The molecule has 1 aromatic carbocycles. The average molecular weight is 390 g/mol. The Labute approximate surface area is 168 Å². The van der Waals surface area contributed by atoms with Gasteiger partial charge in [0, 0.05) is 43.1 Å². The van der Waals surface area contributed by atoms with E-state index in [1.165, 1.54) is 5.69 Å². The summed E-state index contributed by atoms with van der Waals surface area (Å²) in [5, 5.41) is 8.31. The molecule has 0 spiro atoms. The fourth-order valence-corrected chi connectivity index (χ4v) is 3.22. The minimum atomic E-state index is -0.525. The fraction of sp³-hybridized carbons (Fsp3) is 0.619. The zero-order chi connectivity index (χ0) is 20.9. The molecular weight excluding hydrogens is 354 g/mol. The van der Waals surface area contributed by atoms with Gasteiger partial charge in [0.25, 0.3) is 0 Å². The van der Waals surface area contributed by atoms with Gasteiger partial charge in [0.1, 0.15) is 6.04 Å². The molecule has 1 atom stereocenters. The van der Waals surface area contributed by atoms with Crippen molar-refractivity contribution in [3.05, 3.63) is 23.8 Å². The van der Waals surface area contributed by atoms with E-state index >= 15 is 0 Å². The highest BCUT2D eigenvalue weighted by Crippen LogP contribution is 2.24. The summed E-state index contributed by atoms with van der Waals surface area (Å²) in [6.45, 7) is 16.9. The number of anilines is 2. The van der Waals surface area contributed by atoms with Crippen molar-refractivity contribution < 1.29 is 9.59 Å². The second-order valence-corrected chi connectivity index (χ2v) is 8.48. The van der Waals surface area contributed by atoms with E-state index in [2.05, 4.69) is 44.8 Å². The van der Waals surface area contributed by atoms with Crippen LogP contribution in [0.15, 0.2) is 18.2 Å². The fourth-order valence-electron chi connectivity index (χ4n) is 3.22. The number of urea groups is 1. The molecular formula is C21H35N5O2. The summed E-state index contributed by atoms with van der Waals surface area (Å²) >= 11 is 0. The summed E-state index contributed by atoms with van der Waals surface area (Å²) in [4.78, 5) is 29.0. The first-order valence-corrected chi connectivity index (χ1v) is 10.1. The standard InChI is InChI=1S/C21H35N5O2/c1-7-25-10-12-26(13-11-25)17-8-9-18(15(2)14-17)22-16(3)19(27)23-20(28)24-21(4,5)6/h8-9,14,16,22H,7,10-13H2,1-6H3,(H2,23,24,27,28)/t16-/m1/s1. The number of carbonyl (C=O) groups excluding carboxylic acids is 2. The highest BCUT2D eigenvalue weighted by molar-refractivity contribution is 5.98. The summed E-state index contributed by atoms with van der Waals surface area (Å²) in [5.74, 6) is -0.360. The van der Waals surface area contributed by atoms with Crippen LogP contribution >= 0.6 is 0 Å². The van der Waals surface area contributed by atoms with E-state index in [1.807, 2.05) is 33.8 Å². The second kappa shape index (κ2) is 9.28. The summed E-state index contributed by atoms with van der Waals surface area (Å²) in [5.41, 5.74) is 2.79. The second-order valence-electron chi connectivity index (χ2n) is 8.48. The number of benzene rings is 1. The SMILES string of the molecule is CCN1CCN(c2ccc(N[C@H](C)C(=O)NC(=O)NC(C)(C)C)c(C)c2)CC1. The molecule has 3 amide bonds. The van der Waals surface area contributed by atoms with Gasteiger partial charge >= 0.3 is 6.03 Å². The van der Waals surface area contributed by atoms with Gasteiger partial charge in [-0.15, -0.1) is 0 Å². The molecule has 1 aliphatic rings. The average Bonchev–Trinajstić information content (AvgIpc) is 2.61. The number of imide groups is 1. The van der Waals surface area contributed by atoms with E-state index < -0.39 is 17.6 Å². The first-order valence-electron chi connectivity index (χ1n) is 10.1. The summed E-state index contributed by atoms with van der Waals surface area (Å²) < 4.78 is 0. The van der Waals surface area contributed by atoms with E-state index in [0.29, 0.717) is 0 Å². The number of piperazine rings is 1. The molecule has 1 saturated heterocycles. The zero-order valence-corrected chi connectivity index (χ0v) is 18.1. The number of nitrogens with zero attached hydrogens (tertiary/aromatic N) is 2. The molecule has 1 aromatic rings. The molecule has 7 heteroatoms. The molecule has 156 valence electrons. The minimum absolute atomic E-state index is 0.360. The van der Waals surface area contributed by atoms with Crippen LogP contribution in [0.3, 0.4) is 0 Å². The van der Waals surface area contributed by atoms with E-state index in [1.54, 1.807) is 6.92 Å². The van der Waals surface area contributed by atoms with Crippen molar-refractivity contribution in [3.63, 3.8) is 0 Å². The predicted molar refractivity (Wildman–Crippen MR) is 115 cm³/mol. The van der Waals surface area contributed by atoms with E-state index in [4.69, 9.17) is 0 Å². The maximum atomic E-state index is 12.3. The van der Waals surface area contributed by atoms with Crippen molar-refractivity contribution in [2.75, 3.05) is 42.9 Å². The maximum Gasteiger partial charge on any atom is 0.321 e. The third-order valence-corrected chi connectivity index (χ3v) is 4.89. The number of carbonyl (C=O) groups is 2. The number of amides is 3. The predicted octanol–water partition coefficient (Wildman–Crippen LogP) is 2.56. The van der Waals surface area contributed by atoms with Gasteiger partial charge in [-0.1, -0.05) is 6.92 Å². The van der Waals surface area contributed by atoms with Crippen LogP contribution in [0.4, 0.5) is 16.2 Å². The third-order valence-electron chi connectivity index (χ3n) is 4.89. The van der Waals surface area contributed by atoms with Crippen LogP contribution in [0, 0.1) is 6.92 Å². The topological polar surface area (TPSA) is 76.7 Å². The van der Waals surface area contributed by atoms with Crippen LogP contribution in [-0.4, -0.2) is 61.1 Å². The monoisotopic (exact) mass is 389 g/mol. The first-order chi connectivity index (χ1) is 13.1. The number of rotatable bonds is 5. The van der Waals surface area contributed by atoms with Gasteiger partial charge in [-0.3, -0.25) is 10.1 Å². The molecule has 1 aliphatic heterocycles. The van der Waals surface area contributed by atoms with Gasteiger partial charge in [-0.2, -0.15) is 0 Å². The zero-order valence-electron chi connectivity index (χ0n) is 18.1. The summed E-state index contributed by atoms with van der Waals surface area (Å²) in [7, 11) is 0. The van der Waals surface area contributed by atoms with Crippen LogP contribution in [0.25, 0.3) is 0 Å². The van der Waals surface area contributed by atoms with Crippen LogP contribution in [0.5, 0.6) is 0 Å². The Kier molecular flexibility index (Phi) is 7.29. The van der Waals surface area contributed by atoms with Crippen LogP contribution in [0.1, 0.15) is 40.2 Å². The summed E-state index contributed by atoms with van der Waals surface area (Å²) in [6, 6.07) is 5.25. The molecule has 3 N–H and O–H groups in total. The van der Waals surface area contributed by atoms with Crippen molar-refractivity contribution in [3.8, 4) is 0 Å². The molecule has 0 saturated carbocycles. The molecule has 1 fully saturated rings. The Morgan fingerprint density at radius 3 is 2.32 bits per heavy atom.